The first-order chi connectivity index (χ1) is 20.2. The van der Waals surface area contributed by atoms with E-state index in [0.29, 0.717) is 70.0 Å². The first-order valence-corrected chi connectivity index (χ1v) is 15.6. The van der Waals surface area contributed by atoms with Crippen LogP contribution < -0.4 is 25.2 Å². The van der Waals surface area contributed by atoms with Gasteiger partial charge in [0, 0.05) is 77.1 Å². The monoisotopic (exact) mass is 585 g/mol. The first-order valence-electron chi connectivity index (χ1n) is 15.6. The van der Waals surface area contributed by atoms with Gasteiger partial charge in [0.15, 0.2) is 5.60 Å². The molecular formula is C31H47N5O6. The third-order valence-electron chi connectivity index (χ3n) is 8.86. The zero-order valence-corrected chi connectivity index (χ0v) is 25.3. The Morgan fingerprint density at radius 2 is 2.05 bits per heavy atom. The van der Waals surface area contributed by atoms with Crippen molar-refractivity contribution in [3.63, 3.8) is 0 Å². The van der Waals surface area contributed by atoms with Crippen LogP contribution >= 0.6 is 0 Å². The molecule has 1 saturated carbocycles. The summed E-state index contributed by atoms with van der Waals surface area (Å²) in [5.41, 5.74) is 0.590. The fraction of sp³-hybridized carbons (Fsp3) is 0.710. The Labute approximate surface area is 248 Å². The third kappa shape index (κ3) is 6.84. The van der Waals surface area contributed by atoms with Gasteiger partial charge < -0.3 is 39.9 Å². The summed E-state index contributed by atoms with van der Waals surface area (Å²) in [5.74, 6) is 0.374. The normalized spacial score (nSPS) is 24.3. The van der Waals surface area contributed by atoms with Crippen LogP contribution in [0.5, 0.6) is 5.75 Å². The lowest BCUT2D eigenvalue weighted by molar-refractivity contribution is -0.132. The Morgan fingerprint density at radius 1 is 1.24 bits per heavy atom. The molecule has 5 rings (SSSR count). The molecule has 3 aliphatic heterocycles. The lowest BCUT2D eigenvalue weighted by atomic mass is 9.88. The smallest absolute Gasteiger partial charge is 0.270 e. The van der Waals surface area contributed by atoms with E-state index < -0.39 is 11.8 Å². The van der Waals surface area contributed by atoms with E-state index in [1.807, 2.05) is 23.1 Å². The fourth-order valence-electron chi connectivity index (χ4n) is 6.43. The molecule has 1 aromatic rings. The van der Waals surface area contributed by atoms with Crippen molar-refractivity contribution in [2.24, 2.45) is 11.8 Å². The number of rotatable bonds is 13. The van der Waals surface area contributed by atoms with Gasteiger partial charge in [-0.15, -0.1) is 0 Å². The highest BCUT2D eigenvalue weighted by Crippen LogP contribution is 2.43. The van der Waals surface area contributed by atoms with E-state index >= 15 is 0 Å². The molecule has 3 heterocycles. The van der Waals surface area contributed by atoms with Gasteiger partial charge in [0.25, 0.3) is 5.91 Å². The van der Waals surface area contributed by atoms with Crippen molar-refractivity contribution in [3.05, 3.63) is 18.2 Å². The number of hydrogen-bond donors (Lipinski definition) is 3. The zero-order chi connectivity index (χ0) is 29.9. The van der Waals surface area contributed by atoms with E-state index in [4.69, 9.17) is 9.47 Å². The van der Waals surface area contributed by atoms with Crippen LogP contribution in [0, 0.1) is 11.8 Å². The van der Waals surface area contributed by atoms with E-state index in [-0.39, 0.29) is 35.6 Å². The van der Waals surface area contributed by atoms with Gasteiger partial charge in [0.2, 0.25) is 11.8 Å². The molecule has 1 aromatic carbocycles. The number of fused-ring (bicyclic) bond motifs is 1. The van der Waals surface area contributed by atoms with Crippen LogP contribution in [0.4, 0.5) is 11.4 Å². The maximum absolute atomic E-state index is 13.3. The SMILES string of the molecule is COCCCN1C(=O)C(C)(C)Oc2ccc(N(C3CC3)C(O)[C@H]3CNC[C@@H](C(=O)NCCCN4CCCC4=O)C3)cc21. The minimum Gasteiger partial charge on any atom is -0.476 e. The van der Waals surface area contributed by atoms with E-state index in [9.17, 15) is 19.5 Å². The van der Waals surface area contributed by atoms with Gasteiger partial charge in [-0.3, -0.25) is 14.4 Å². The fourth-order valence-corrected chi connectivity index (χ4v) is 6.43. The van der Waals surface area contributed by atoms with Crippen molar-refractivity contribution in [2.75, 3.05) is 62.8 Å². The Kier molecular flexibility index (Phi) is 9.59. The molecular weight excluding hydrogens is 538 g/mol. The molecule has 0 aromatic heterocycles. The van der Waals surface area contributed by atoms with Gasteiger partial charge in [0.05, 0.1) is 11.6 Å². The third-order valence-corrected chi connectivity index (χ3v) is 8.86. The number of anilines is 2. The molecule has 42 heavy (non-hydrogen) atoms. The maximum atomic E-state index is 13.3. The molecule has 1 aliphatic carbocycles. The summed E-state index contributed by atoms with van der Waals surface area (Å²) in [6.45, 7) is 7.86. The Balaban J connectivity index is 1.24. The number of likely N-dealkylation sites (tertiary alicyclic amines) is 1. The number of hydrogen-bond acceptors (Lipinski definition) is 8. The lowest BCUT2D eigenvalue weighted by Crippen LogP contribution is -2.53. The number of methoxy groups -OCH3 is 1. The Hall–Kier alpha value is -2.89. The lowest BCUT2D eigenvalue weighted by Gasteiger charge is -2.41. The molecule has 11 heteroatoms. The van der Waals surface area contributed by atoms with Crippen LogP contribution in [0.2, 0.25) is 0 Å². The number of aliphatic hydroxyl groups excluding tert-OH is 1. The number of aliphatic hydroxyl groups is 1. The number of nitrogens with zero attached hydrogens (tertiary/aromatic N) is 3. The molecule has 3 amide bonds. The van der Waals surface area contributed by atoms with Crippen LogP contribution in [0.25, 0.3) is 0 Å². The molecule has 0 radical (unpaired) electrons. The maximum Gasteiger partial charge on any atom is 0.270 e. The van der Waals surface area contributed by atoms with Gasteiger partial charge in [0.1, 0.15) is 12.0 Å². The van der Waals surface area contributed by atoms with E-state index in [0.717, 1.165) is 37.9 Å². The Morgan fingerprint density at radius 3 is 2.76 bits per heavy atom. The molecule has 0 spiro atoms. The minimum atomic E-state index is -0.966. The summed E-state index contributed by atoms with van der Waals surface area (Å²) in [5, 5.41) is 18.1. The van der Waals surface area contributed by atoms with E-state index in [2.05, 4.69) is 15.5 Å². The molecule has 3 fully saturated rings. The number of ether oxygens (including phenoxy) is 2. The molecule has 3 N–H and O–H groups in total. The quantitative estimate of drug-likeness (QED) is 0.237. The van der Waals surface area contributed by atoms with Crippen molar-refractivity contribution in [1.82, 2.24) is 15.5 Å². The molecule has 3 atom stereocenters. The minimum absolute atomic E-state index is 0.0103. The van der Waals surface area contributed by atoms with E-state index in [1.165, 1.54) is 0 Å². The highest BCUT2D eigenvalue weighted by molar-refractivity contribution is 6.02. The van der Waals surface area contributed by atoms with Gasteiger partial charge >= 0.3 is 0 Å². The number of piperidine rings is 1. The van der Waals surface area contributed by atoms with Gasteiger partial charge in [-0.2, -0.15) is 0 Å². The molecule has 0 bridgehead atoms. The molecule has 4 aliphatic rings. The Bertz CT molecular complexity index is 1140. The number of nitrogens with one attached hydrogen (secondary N) is 2. The first kappa shape index (κ1) is 30.6. The van der Waals surface area contributed by atoms with Crippen molar-refractivity contribution in [1.29, 1.82) is 0 Å². The molecule has 2 saturated heterocycles. The molecule has 11 nitrogen and oxygen atoms in total. The predicted molar refractivity (Wildman–Crippen MR) is 159 cm³/mol. The summed E-state index contributed by atoms with van der Waals surface area (Å²) >= 11 is 0. The standard InChI is InChI=1S/C31H47N5O6/c1-31(2)30(40)35(15-6-16-41-3)25-18-24(10-11-26(25)42-31)36(23-8-9-23)29(39)22-17-21(19-32-20-22)28(38)33-12-5-14-34-13-4-7-27(34)37/h10-11,18,21-23,29,32,39H,4-9,12-17,19-20H2,1-3H3,(H,33,38)/t21-,22+,29?/m0/s1. The van der Waals surface area contributed by atoms with Crippen molar-refractivity contribution in [2.45, 2.75) is 76.7 Å². The van der Waals surface area contributed by atoms with E-state index in [1.54, 1.807) is 25.9 Å². The number of carbonyl (C=O) groups is 3. The van der Waals surface area contributed by atoms with Crippen LogP contribution in [0.3, 0.4) is 0 Å². The second kappa shape index (κ2) is 13.2. The molecule has 1 unspecified atom stereocenters. The second-order valence-electron chi connectivity index (χ2n) is 12.6. The summed E-state index contributed by atoms with van der Waals surface area (Å²) in [6, 6.07) is 6.03. The van der Waals surface area contributed by atoms with Gasteiger partial charge in [-0.25, -0.2) is 0 Å². The summed E-state index contributed by atoms with van der Waals surface area (Å²) in [6.07, 6.45) is 4.76. The van der Waals surface area contributed by atoms with Crippen molar-refractivity contribution < 1.29 is 29.0 Å². The van der Waals surface area contributed by atoms with Crippen LogP contribution in [0.1, 0.15) is 58.8 Å². The number of amides is 3. The molecule has 232 valence electrons. The average Bonchev–Trinajstić information content (AvgIpc) is 3.73. The van der Waals surface area contributed by atoms with Crippen molar-refractivity contribution in [3.8, 4) is 5.75 Å². The highest BCUT2D eigenvalue weighted by atomic mass is 16.5. The summed E-state index contributed by atoms with van der Waals surface area (Å²) < 4.78 is 11.3. The number of benzene rings is 1. The van der Waals surface area contributed by atoms with Gasteiger partial charge in [-0.05, 0) is 70.6 Å². The van der Waals surface area contributed by atoms with Crippen LogP contribution in [-0.2, 0) is 19.1 Å². The average molecular weight is 586 g/mol. The second-order valence-corrected chi connectivity index (χ2v) is 12.6. The predicted octanol–water partition coefficient (Wildman–Crippen LogP) is 1.87. The topological polar surface area (TPSA) is 124 Å². The largest absolute Gasteiger partial charge is 0.476 e. The number of carbonyl (C=O) groups excluding carboxylic acids is 3. The summed E-state index contributed by atoms with van der Waals surface area (Å²) in [4.78, 5) is 43.9. The zero-order valence-electron chi connectivity index (χ0n) is 25.3. The van der Waals surface area contributed by atoms with Crippen molar-refractivity contribution >= 4 is 29.1 Å². The van der Waals surface area contributed by atoms with Crippen LogP contribution in [-0.4, -0.2) is 98.6 Å². The highest BCUT2D eigenvalue weighted by Gasteiger charge is 2.43. The summed E-state index contributed by atoms with van der Waals surface area (Å²) in [7, 11) is 1.65. The van der Waals surface area contributed by atoms with Crippen LogP contribution in [0.15, 0.2) is 18.2 Å². The van der Waals surface area contributed by atoms with Gasteiger partial charge in [-0.1, -0.05) is 0 Å².